The van der Waals surface area contributed by atoms with Gasteiger partial charge in [-0.15, -0.1) is 5.10 Å². The van der Waals surface area contributed by atoms with Gasteiger partial charge in [-0.3, -0.25) is 9.59 Å². The Bertz CT molecular complexity index is 665. The Morgan fingerprint density at radius 2 is 2.05 bits per heavy atom. The molecule has 0 aliphatic heterocycles. The van der Waals surface area contributed by atoms with Gasteiger partial charge in [-0.1, -0.05) is 5.21 Å². The lowest BCUT2D eigenvalue weighted by atomic mass is 10.0. The summed E-state index contributed by atoms with van der Waals surface area (Å²) in [6.07, 6.45) is 0. The van der Waals surface area contributed by atoms with E-state index in [9.17, 15) is 9.59 Å². The molecule has 7 heteroatoms. The van der Waals surface area contributed by atoms with Crippen LogP contribution in [0.25, 0.3) is 11.0 Å². The van der Waals surface area contributed by atoms with Crippen molar-refractivity contribution in [2.45, 2.75) is 19.9 Å². The number of carbonyl (C=O) groups excluding carboxylic acids is 1. The van der Waals surface area contributed by atoms with Crippen LogP contribution >= 0.6 is 0 Å². The quantitative estimate of drug-likeness (QED) is 0.861. The molecule has 0 fully saturated rings. The number of aryl methyl sites for hydroxylation is 1. The molecule has 0 radical (unpaired) electrons. The van der Waals surface area contributed by atoms with E-state index in [0.29, 0.717) is 11.1 Å². The van der Waals surface area contributed by atoms with E-state index in [4.69, 9.17) is 5.11 Å². The summed E-state index contributed by atoms with van der Waals surface area (Å²) in [5.74, 6) is -1.92. The number of aliphatic carboxylic acids is 1. The minimum absolute atomic E-state index is 0.321. The molecule has 2 N–H and O–H groups in total. The van der Waals surface area contributed by atoms with Crippen LogP contribution in [0.3, 0.4) is 0 Å². The van der Waals surface area contributed by atoms with Gasteiger partial charge in [-0.05, 0) is 32.0 Å². The molecule has 2 atom stereocenters. The number of nitrogens with one attached hydrogen (secondary N) is 1. The molecular formula is C13H16N4O3. The summed E-state index contributed by atoms with van der Waals surface area (Å²) in [5, 5.41) is 19.4. The minimum atomic E-state index is -0.942. The number of amides is 1. The zero-order valence-corrected chi connectivity index (χ0v) is 11.5. The molecule has 106 valence electrons. The molecule has 0 spiro atoms. The molecule has 0 bridgehead atoms. The number of hydrogen-bond acceptors (Lipinski definition) is 4. The summed E-state index contributed by atoms with van der Waals surface area (Å²) in [5.41, 5.74) is 1.88. The van der Waals surface area contributed by atoms with Crippen molar-refractivity contribution in [3.8, 4) is 0 Å². The highest BCUT2D eigenvalue weighted by Crippen LogP contribution is 2.13. The van der Waals surface area contributed by atoms with Crippen LogP contribution in [0.2, 0.25) is 0 Å². The van der Waals surface area contributed by atoms with Crippen molar-refractivity contribution in [3.63, 3.8) is 0 Å². The van der Waals surface area contributed by atoms with Gasteiger partial charge in [0.25, 0.3) is 5.91 Å². The lowest BCUT2D eigenvalue weighted by Gasteiger charge is -2.17. The van der Waals surface area contributed by atoms with Crippen molar-refractivity contribution in [3.05, 3.63) is 23.8 Å². The fourth-order valence-corrected chi connectivity index (χ4v) is 1.81. The number of nitrogens with zero attached hydrogens (tertiary/aromatic N) is 3. The first kappa shape index (κ1) is 14.0. The van der Waals surface area contributed by atoms with Crippen molar-refractivity contribution in [2.24, 2.45) is 13.0 Å². The second-order valence-electron chi connectivity index (χ2n) is 4.81. The Kier molecular flexibility index (Phi) is 3.69. The molecule has 0 saturated carbocycles. The maximum absolute atomic E-state index is 12.1. The maximum Gasteiger partial charge on any atom is 0.308 e. The molecule has 2 aromatic rings. The molecule has 20 heavy (non-hydrogen) atoms. The van der Waals surface area contributed by atoms with E-state index >= 15 is 0 Å². The third-order valence-corrected chi connectivity index (χ3v) is 3.37. The van der Waals surface area contributed by atoms with Gasteiger partial charge in [0.05, 0.1) is 11.4 Å². The van der Waals surface area contributed by atoms with Gasteiger partial charge < -0.3 is 10.4 Å². The lowest BCUT2D eigenvalue weighted by Crippen LogP contribution is -2.40. The van der Waals surface area contributed by atoms with Crippen LogP contribution in [-0.4, -0.2) is 38.0 Å². The van der Waals surface area contributed by atoms with Crippen molar-refractivity contribution in [1.29, 1.82) is 0 Å². The van der Waals surface area contributed by atoms with Crippen molar-refractivity contribution in [2.75, 3.05) is 0 Å². The van der Waals surface area contributed by atoms with E-state index in [1.54, 1.807) is 43.8 Å². The Morgan fingerprint density at radius 3 is 2.70 bits per heavy atom. The molecule has 0 aliphatic carbocycles. The van der Waals surface area contributed by atoms with Gasteiger partial charge >= 0.3 is 5.97 Å². The van der Waals surface area contributed by atoms with Crippen LogP contribution in [-0.2, 0) is 11.8 Å². The summed E-state index contributed by atoms with van der Waals surface area (Å²) in [7, 11) is 1.77. The Balaban J connectivity index is 2.17. The molecule has 2 rings (SSSR count). The van der Waals surface area contributed by atoms with Crippen LogP contribution < -0.4 is 5.32 Å². The fourth-order valence-electron chi connectivity index (χ4n) is 1.81. The molecule has 2 unspecified atom stereocenters. The lowest BCUT2D eigenvalue weighted by molar-refractivity contribution is -0.141. The molecule has 1 amide bonds. The van der Waals surface area contributed by atoms with E-state index in [2.05, 4.69) is 15.6 Å². The Labute approximate surface area is 115 Å². The van der Waals surface area contributed by atoms with Crippen LogP contribution in [0.4, 0.5) is 0 Å². The summed E-state index contributed by atoms with van der Waals surface area (Å²) in [6, 6.07) is 4.60. The predicted octanol–water partition coefficient (Wildman–Crippen LogP) is 0.807. The number of fused-ring (bicyclic) bond motifs is 1. The highest BCUT2D eigenvalue weighted by molar-refractivity contribution is 5.97. The third-order valence-electron chi connectivity index (χ3n) is 3.37. The van der Waals surface area contributed by atoms with E-state index in [1.165, 1.54) is 0 Å². The average Bonchev–Trinajstić information content (AvgIpc) is 2.78. The topological polar surface area (TPSA) is 97.1 Å². The number of hydrogen-bond donors (Lipinski definition) is 2. The van der Waals surface area contributed by atoms with Gasteiger partial charge in [-0.2, -0.15) is 0 Å². The molecule has 0 aliphatic rings. The highest BCUT2D eigenvalue weighted by atomic mass is 16.4. The highest BCUT2D eigenvalue weighted by Gasteiger charge is 2.21. The SMILES string of the molecule is CC(NC(=O)c1ccc2c(c1)nnn2C)C(C)C(=O)O. The monoisotopic (exact) mass is 276 g/mol. The largest absolute Gasteiger partial charge is 0.481 e. The first-order chi connectivity index (χ1) is 9.40. The smallest absolute Gasteiger partial charge is 0.308 e. The molecule has 1 aromatic heterocycles. The minimum Gasteiger partial charge on any atom is -0.481 e. The summed E-state index contributed by atoms with van der Waals surface area (Å²) < 4.78 is 1.62. The van der Waals surface area contributed by atoms with E-state index in [0.717, 1.165) is 5.52 Å². The van der Waals surface area contributed by atoms with Gasteiger partial charge in [0.15, 0.2) is 0 Å². The van der Waals surface area contributed by atoms with Crippen molar-refractivity contribution < 1.29 is 14.7 Å². The number of carbonyl (C=O) groups is 2. The first-order valence-corrected chi connectivity index (χ1v) is 6.23. The van der Waals surface area contributed by atoms with Gasteiger partial charge in [-0.25, -0.2) is 4.68 Å². The zero-order valence-electron chi connectivity index (χ0n) is 11.5. The second kappa shape index (κ2) is 5.28. The van der Waals surface area contributed by atoms with Crippen LogP contribution in [0.15, 0.2) is 18.2 Å². The maximum atomic E-state index is 12.1. The van der Waals surface area contributed by atoms with Crippen LogP contribution in [0.5, 0.6) is 0 Å². The molecule has 7 nitrogen and oxygen atoms in total. The van der Waals surface area contributed by atoms with Crippen molar-refractivity contribution in [1.82, 2.24) is 20.3 Å². The molecular weight excluding hydrogens is 260 g/mol. The van der Waals surface area contributed by atoms with E-state index < -0.39 is 17.9 Å². The van der Waals surface area contributed by atoms with Crippen LogP contribution in [0.1, 0.15) is 24.2 Å². The second-order valence-corrected chi connectivity index (χ2v) is 4.81. The van der Waals surface area contributed by atoms with E-state index in [1.807, 2.05) is 0 Å². The number of rotatable bonds is 4. The molecule has 0 saturated heterocycles. The molecule has 1 aromatic carbocycles. The fraction of sp³-hybridized carbons (Fsp3) is 0.385. The predicted molar refractivity (Wildman–Crippen MR) is 72.2 cm³/mol. The summed E-state index contributed by atoms with van der Waals surface area (Å²) >= 11 is 0. The number of carboxylic acids is 1. The standard InChI is InChI=1S/C13H16N4O3/c1-7(13(19)20)8(2)14-12(18)9-4-5-11-10(6-9)15-16-17(11)3/h4-8H,1-3H3,(H,14,18)(H,19,20). The van der Waals surface area contributed by atoms with Crippen LogP contribution in [0, 0.1) is 5.92 Å². The number of aromatic nitrogens is 3. The third kappa shape index (κ3) is 2.61. The molecule has 1 heterocycles. The first-order valence-electron chi connectivity index (χ1n) is 6.23. The average molecular weight is 276 g/mol. The Hall–Kier alpha value is -2.44. The number of carboxylic acid groups (broad SMARTS) is 1. The van der Waals surface area contributed by atoms with Crippen molar-refractivity contribution >= 4 is 22.9 Å². The normalized spacial score (nSPS) is 13.9. The Morgan fingerprint density at radius 1 is 1.35 bits per heavy atom. The van der Waals surface area contributed by atoms with Gasteiger partial charge in [0.2, 0.25) is 0 Å². The van der Waals surface area contributed by atoms with E-state index in [-0.39, 0.29) is 5.91 Å². The van der Waals surface area contributed by atoms with Gasteiger partial charge in [0, 0.05) is 18.7 Å². The summed E-state index contributed by atoms with van der Waals surface area (Å²) in [6.45, 7) is 3.22. The summed E-state index contributed by atoms with van der Waals surface area (Å²) in [4.78, 5) is 22.9. The number of benzene rings is 1. The zero-order chi connectivity index (χ0) is 14.9. The van der Waals surface area contributed by atoms with Gasteiger partial charge in [0.1, 0.15) is 5.52 Å².